The van der Waals surface area contributed by atoms with E-state index in [9.17, 15) is 9.59 Å². The minimum absolute atomic E-state index is 0.287. The Morgan fingerprint density at radius 1 is 0.970 bits per heavy atom. The number of hydrogen-bond donors (Lipinski definition) is 1. The van der Waals surface area contributed by atoms with Crippen LogP contribution in [-0.2, 0) is 0 Å². The first-order valence-electron chi connectivity index (χ1n) is 9.82. The number of hydrogen-bond acceptors (Lipinski definition) is 6. The molecule has 33 heavy (non-hydrogen) atoms. The van der Waals surface area contributed by atoms with Crippen LogP contribution in [0.3, 0.4) is 0 Å². The SMILES string of the molecule is CCOc1ccc(Br)cc1C(=O)NN=Cc1cc(Br)ccc1OC(=O)c1ccc(OC)cc1. The maximum atomic E-state index is 12.6. The van der Waals surface area contributed by atoms with Crippen LogP contribution in [0.25, 0.3) is 0 Å². The Morgan fingerprint density at radius 3 is 2.30 bits per heavy atom. The molecule has 0 aromatic heterocycles. The van der Waals surface area contributed by atoms with Crippen molar-refractivity contribution in [2.45, 2.75) is 6.92 Å². The number of nitrogens with one attached hydrogen (secondary N) is 1. The topological polar surface area (TPSA) is 86.2 Å². The average Bonchev–Trinajstić information content (AvgIpc) is 2.82. The molecule has 3 aromatic carbocycles. The summed E-state index contributed by atoms with van der Waals surface area (Å²) in [6.07, 6.45) is 1.40. The molecule has 9 heteroatoms. The maximum Gasteiger partial charge on any atom is 0.343 e. The summed E-state index contributed by atoms with van der Waals surface area (Å²) in [5.41, 5.74) is 3.67. The number of amides is 1. The van der Waals surface area contributed by atoms with Crippen molar-refractivity contribution in [3.8, 4) is 17.2 Å². The van der Waals surface area contributed by atoms with Crippen LogP contribution in [0.15, 0.2) is 74.7 Å². The lowest BCUT2D eigenvalue weighted by atomic mass is 10.2. The molecule has 0 saturated carbocycles. The largest absolute Gasteiger partial charge is 0.497 e. The molecule has 1 amide bonds. The molecule has 0 spiro atoms. The number of benzene rings is 3. The molecule has 0 atom stereocenters. The lowest BCUT2D eigenvalue weighted by Gasteiger charge is -2.10. The highest BCUT2D eigenvalue weighted by Gasteiger charge is 2.14. The van der Waals surface area contributed by atoms with Gasteiger partial charge in [0, 0.05) is 14.5 Å². The highest BCUT2D eigenvalue weighted by molar-refractivity contribution is 9.10. The van der Waals surface area contributed by atoms with Crippen LogP contribution < -0.4 is 19.6 Å². The normalized spacial score (nSPS) is 10.7. The first-order valence-corrected chi connectivity index (χ1v) is 11.4. The van der Waals surface area contributed by atoms with Crippen molar-refractivity contribution in [3.63, 3.8) is 0 Å². The van der Waals surface area contributed by atoms with E-state index < -0.39 is 11.9 Å². The van der Waals surface area contributed by atoms with Gasteiger partial charge in [-0.05, 0) is 67.6 Å². The smallest absolute Gasteiger partial charge is 0.343 e. The third-order valence-corrected chi connectivity index (χ3v) is 5.34. The summed E-state index contributed by atoms with van der Waals surface area (Å²) >= 11 is 6.74. The fourth-order valence-electron chi connectivity index (χ4n) is 2.78. The minimum atomic E-state index is -0.533. The van der Waals surface area contributed by atoms with E-state index in [1.165, 1.54) is 6.21 Å². The molecule has 0 unspecified atom stereocenters. The molecule has 170 valence electrons. The fraction of sp³-hybridized carbons (Fsp3) is 0.125. The average molecular weight is 576 g/mol. The zero-order valence-corrected chi connectivity index (χ0v) is 21.0. The zero-order valence-electron chi connectivity index (χ0n) is 17.8. The van der Waals surface area contributed by atoms with Gasteiger partial charge in [-0.15, -0.1) is 0 Å². The number of halogens is 2. The van der Waals surface area contributed by atoms with Crippen LogP contribution in [0.2, 0.25) is 0 Å². The highest BCUT2D eigenvalue weighted by Crippen LogP contribution is 2.25. The van der Waals surface area contributed by atoms with E-state index in [1.54, 1.807) is 67.8 Å². The summed E-state index contributed by atoms with van der Waals surface area (Å²) < 4.78 is 17.6. The number of nitrogens with zero attached hydrogens (tertiary/aromatic N) is 1. The van der Waals surface area contributed by atoms with Crippen LogP contribution >= 0.6 is 31.9 Å². The van der Waals surface area contributed by atoms with E-state index in [0.717, 1.165) is 8.95 Å². The zero-order chi connectivity index (χ0) is 23.8. The summed E-state index contributed by atoms with van der Waals surface area (Å²) in [6, 6.07) is 16.8. The van der Waals surface area contributed by atoms with Gasteiger partial charge in [0.1, 0.15) is 17.2 Å². The van der Waals surface area contributed by atoms with Gasteiger partial charge in [0.25, 0.3) is 5.91 Å². The predicted octanol–water partition coefficient (Wildman–Crippen LogP) is 5.60. The summed E-state index contributed by atoms with van der Waals surface area (Å²) in [7, 11) is 1.55. The molecule has 3 aromatic rings. The van der Waals surface area contributed by atoms with Crippen LogP contribution in [0, 0.1) is 0 Å². The first kappa shape index (κ1) is 24.5. The molecule has 0 aliphatic carbocycles. The second-order valence-electron chi connectivity index (χ2n) is 6.57. The van der Waals surface area contributed by atoms with E-state index in [4.69, 9.17) is 14.2 Å². The van der Waals surface area contributed by atoms with E-state index in [1.807, 2.05) is 6.92 Å². The first-order chi connectivity index (χ1) is 15.9. The van der Waals surface area contributed by atoms with Crippen molar-refractivity contribution in [3.05, 3.63) is 86.3 Å². The lowest BCUT2D eigenvalue weighted by Crippen LogP contribution is -2.19. The Morgan fingerprint density at radius 2 is 1.64 bits per heavy atom. The number of carbonyl (C=O) groups is 2. The molecular formula is C24H20Br2N2O5. The van der Waals surface area contributed by atoms with Gasteiger partial charge in [0.05, 0.1) is 31.1 Å². The van der Waals surface area contributed by atoms with Gasteiger partial charge in [-0.25, -0.2) is 10.2 Å². The third kappa shape index (κ3) is 6.66. The van der Waals surface area contributed by atoms with Crippen molar-refractivity contribution < 1.29 is 23.8 Å². The molecule has 0 bridgehead atoms. The molecule has 0 aliphatic heterocycles. The number of rotatable bonds is 8. The van der Waals surface area contributed by atoms with Crippen LogP contribution in [0.4, 0.5) is 0 Å². The summed E-state index contributed by atoms with van der Waals surface area (Å²) in [6.45, 7) is 2.26. The molecule has 0 radical (unpaired) electrons. The second kappa shape index (κ2) is 11.6. The molecule has 0 heterocycles. The van der Waals surface area contributed by atoms with E-state index in [-0.39, 0.29) is 5.75 Å². The fourth-order valence-corrected chi connectivity index (χ4v) is 3.52. The molecule has 7 nitrogen and oxygen atoms in total. The van der Waals surface area contributed by atoms with Gasteiger partial charge in [0.15, 0.2) is 0 Å². The predicted molar refractivity (Wildman–Crippen MR) is 132 cm³/mol. The molecule has 3 rings (SSSR count). The molecule has 0 fully saturated rings. The van der Waals surface area contributed by atoms with Gasteiger partial charge in [-0.2, -0.15) is 5.10 Å². The van der Waals surface area contributed by atoms with Crippen LogP contribution in [0.5, 0.6) is 17.2 Å². The number of hydrazone groups is 1. The van der Waals surface area contributed by atoms with Crippen molar-refractivity contribution >= 4 is 50.0 Å². The number of esters is 1. The number of carbonyl (C=O) groups excluding carboxylic acids is 2. The van der Waals surface area contributed by atoms with Gasteiger partial charge < -0.3 is 14.2 Å². The monoisotopic (exact) mass is 574 g/mol. The molecule has 1 N–H and O–H groups in total. The quantitative estimate of drug-likeness (QED) is 0.163. The van der Waals surface area contributed by atoms with Crippen molar-refractivity contribution in [1.29, 1.82) is 0 Å². The standard InChI is InChI=1S/C24H20Br2N2O5/c1-3-32-22-11-7-18(26)13-20(22)23(29)28-27-14-16-12-17(25)6-10-21(16)33-24(30)15-4-8-19(31-2)9-5-15/h4-14H,3H2,1-2H3,(H,28,29). The van der Waals surface area contributed by atoms with E-state index >= 15 is 0 Å². The van der Waals surface area contributed by atoms with Crippen LogP contribution in [-0.4, -0.2) is 31.8 Å². The maximum absolute atomic E-state index is 12.6. The highest BCUT2D eigenvalue weighted by atomic mass is 79.9. The van der Waals surface area contributed by atoms with Crippen molar-refractivity contribution in [1.82, 2.24) is 5.43 Å². The molecular weight excluding hydrogens is 556 g/mol. The Bertz CT molecular complexity index is 1180. The van der Waals surface area contributed by atoms with Crippen molar-refractivity contribution in [2.24, 2.45) is 5.10 Å². The number of ether oxygens (including phenoxy) is 3. The molecule has 0 aliphatic rings. The van der Waals surface area contributed by atoms with Crippen LogP contribution in [0.1, 0.15) is 33.2 Å². The Hall–Kier alpha value is -3.17. The van der Waals surface area contributed by atoms with Crippen molar-refractivity contribution in [2.75, 3.05) is 13.7 Å². The van der Waals surface area contributed by atoms with E-state index in [2.05, 4.69) is 42.4 Å². The third-order valence-electron chi connectivity index (χ3n) is 4.36. The summed E-state index contributed by atoms with van der Waals surface area (Å²) in [5, 5.41) is 4.03. The van der Waals surface area contributed by atoms with Gasteiger partial charge in [-0.1, -0.05) is 31.9 Å². The van der Waals surface area contributed by atoms with E-state index in [0.29, 0.717) is 34.8 Å². The lowest BCUT2D eigenvalue weighted by molar-refractivity contribution is 0.0734. The molecule has 0 saturated heterocycles. The second-order valence-corrected chi connectivity index (χ2v) is 8.40. The number of methoxy groups -OCH3 is 1. The minimum Gasteiger partial charge on any atom is -0.497 e. The Labute approximate surface area is 208 Å². The van der Waals surface area contributed by atoms with Gasteiger partial charge >= 0.3 is 5.97 Å². The Balaban J connectivity index is 1.76. The van der Waals surface area contributed by atoms with Gasteiger partial charge in [-0.3, -0.25) is 4.79 Å². The Kier molecular flexibility index (Phi) is 8.62. The van der Waals surface area contributed by atoms with Gasteiger partial charge in [0.2, 0.25) is 0 Å². The summed E-state index contributed by atoms with van der Waals surface area (Å²) in [5.74, 6) is 0.396. The summed E-state index contributed by atoms with van der Waals surface area (Å²) in [4.78, 5) is 25.2.